The van der Waals surface area contributed by atoms with Crippen LogP contribution in [0.3, 0.4) is 0 Å². The van der Waals surface area contributed by atoms with Gasteiger partial charge in [-0.05, 0) is 50.1 Å². The molecule has 4 heteroatoms. The van der Waals surface area contributed by atoms with Crippen molar-refractivity contribution in [1.82, 2.24) is 9.91 Å². The average Bonchev–Trinajstić information content (AvgIpc) is 2.49. The number of hydrogen-bond acceptors (Lipinski definition) is 4. The molecule has 1 heterocycles. The van der Waals surface area contributed by atoms with Crippen LogP contribution in [0.2, 0.25) is 0 Å². The first kappa shape index (κ1) is 13.4. The predicted octanol–water partition coefficient (Wildman–Crippen LogP) is 1.98. The Labute approximate surface area is 121 Å². The van der Waals surface area contributed by atoms with Crippen LogP contribution in [0.1, 0.15) is 24.0 Å². The van der Waals surface area contributed by atoms with Crippen LogP contribution >= 0.6 is 0 Å². The Bertz CT molecular complexity index is 504. The van der Waals surface area contributed by atoms with Crippen LogP contribution in [-0.2, 0) is 6.42 Å². The number of nitrogens with zero attached hydrogens (tertiary/aromatic N) is 3. The fourth-order valence-corrected chi connectivity index (χ4v) is 2.94. The molecule has 20 heavy (non-hydrogen) atoms. The molecule has 0 spiro atoms. The van der Waals surface area contributed by atoms with Crippen molar-refractivity contribution in [2.24, 2.45) is 5.10 Å². The maximum Gasteiger partial charge on any atom is 0.119 e. The number of fused-ring (bicyclic) bond motifs is 1. The third-order valence-corrected chi connectivity index (χ3v) is 4.22. The lowest BCUT2D eigenvalue weighted by Crippen LogP contribution is -2.42. The lowest BCUT2D eigenvalue weighted by Gasteiger charge is -2.31. The molecule has 3 rings (SSSR count). The zero-order valence-electron chi connectivity index (χ0n) is 12.4. The fourth-order valence-electron chi connectivity index (χ4n) is 2.94. The molecule has 0 unspecified atom stereocenters. The minimum absolute atomic E-state index is 0.949. The Morgan fingerprint density at radius 3 is 2.65 bits per heavy atom. The number of ether oxygens (including phenoxy) is 1. The first-order valence-corrected chi connectivity index (χ1v) is 7.44. The van der Waals surface area contributed by atoms with E-state index >= 15 is 0 Å². The van der Waals surface area contributed by atoms with Gasteiger partial charge in [-0.15, -0.1) is 0 Å². The molecule has 0 amide bonds. The quantitative estimate of drug-likeness (QED) is 0.825. The molecule has 0 bridgehead atoms. The van der Waals surface area contributed by atoms with Gasteiger partial charge in [-0.2, -0.15) is 5.10 Å². The highest BCUT2D eigenvalue weighted by Gasteiger charge is 2.18. The van der Waals surface area contributed by atoms with Crippen molar-refractivity contribution in [1.29, 1.82) is 0 Å². The molecule has 1 fully saturated rings. The maximum atomic E-state index is 5.32. The molecule has 1 saturated heterocycles. The summed E-state index contributed by atoms with van der Waals surface area (Å²) in [5.74, 6) is 0.949. The van der Waals surface area contributed by atoms with Crippen LogP contribution < -0.4 is 4.74 Å². The topological polar surface area (TPSA) is 28.1 Å². The zero-order chi connectivity index (χ0) is 13.9. The molecule has 0 aromatic heterocycles. The zero-order valence-corrected chi connectivity index (χ0v) is 12.4. The standard InChI is InChI=1S/C16H23N3O/c1-18-8-10-19(11-9-18)17-16-5-3-4-13-12-14(20-2)6-7-15(13)16/h6-7,12H,3-5,8-11H2,1-2H3/b17-16-. The van der Waals surface area contributed by atoms with Gasteiger partial charge in [0.05, 0.1) is 12.8 Å². The van der Waals surface area contributed by atoms with Crippen molar-refractivity contribution >= 4 is 5.71 Å². The molecular formula is C16H23N3O. The minimum Gasteiger partial charge on any atom is -0.497 e. The second-order valence-corrected chi connectivity index (χ2v) is 5.68. The number of aryl methyl sites for hydroxylation is 1. The molecule has 0 radical (unpaired) electrons. The molecule has 0 atom stereocenters. The van der Waals surface area contributed by atoms with Gasteiger partial charge in [-0.1, -0.05) is 0 Å². The van der Waals surface area contributed by atoms with Gasteiger partial charge in [0.15, 0.2) is 0 Å². The average molecular weight is 273 g/mol. The van der Waals surface area contributed by atoms with E-state index in [1.165, 1.54) is 23.3 Å². The summed E-state index contributed by atoms with van der Waals surface area (Å²) in [7, 11) is 3.90. The second kappa shape index (κ2) is 5.83. The van der Waals surface area contributed by atoms with Crippen molar-refractivity contribution < 1.29 is 4.74 Å². The summed E-state index contributed by atoms with van der Waals surface area (Å²) in [6.07, 6.45) is 3.41. The highest BCUT2D eigenvalue weighted by atomic mass is 16.5. The van der Waals surface area contributed by atoms with E-state index in [0.29, 0.717) is 0 Å². The predicted molar refractivity (Wildman–Crippen MR) is 81.5 cm³/mol. The van der Waals surface area contributed by atoms with E-state index < -0.39 is 0 Å². The molecule has 4 nitrogen and oxygen atoms in total. The van der Waals surface area contributed by atoms with E-state index in [2.05, 4.69) is 29.1 Å². The Hall–Kier alpha value is -1.55. The summed E-state index contributed by atoms with van der Waals surface area (Å²) in [4.78, 5) is 2.36. The van der Waals surface area contributed by atoms with Crippen molar-refractivity contribution in [3.63, 3.8) is 0 Å². The normalized spacial score (nSPS) is 21.9. The van der Waals surface area contributed by atoms with E-state index in [4.69, 9.17) is 9.84 Å². The number of benzene rings is 1. The van der Waals surface area contributed by atoms with Crippen molar-refractivity contribution in [3.05, 3.63) is 29.3 Å². The number of likely N-dealkylation sites (N-methyl/N-ethyl adjacent to an activating group) is 1. The van der Waals surface area contributed by atoms with Gasteiger partial charge in [-0.25, -0.2) is 0 Å². The van der Waals surface area contributed by atoms with Crippen LogP contribution in [-0.4, -0.2) is 56.0 Å². The van der Waals surface area contributed by atoms with Crippen LogP contribution in [0.15, 0.2) is 23.3 Å². The van der Waals surface area contributed by atoms with Crippen LogP contribution in [0.25, 0.3) is 0 Å². The molecule has 108 valence electrons. The van der Waals surface area contributed by atoms with Gasteiger partial charge >= 0.3 is 0 Å². The van der Waals surface area contributed by atoms with E-state index in [9.17, 15) is 0 Å². The first-order chi connectivity index (χ1) is 9.76. The third-order valence-electron chi connectivity index (χ3n) is 4.22. The molecule has 0 N–H and O–H groups in total. The fraction of sp³-hybridized carbons (Fsp3) is 0.562. The first-order valence-electron chi connectivity index (χ1n) is 7.44. The van der Waals surface area contributed by atoms with Gasteiger partial charge in [-0.3, -0.25) is 5.01 Å². The van der Waals surface area contributed by atoms with Gasteiger partial charge in [0.2, 0.25) is 0 Å². The summed E-state index contributed by atoms with van der Waals surface area (Å²) >= 11 is 0. The SMILES string of the molecule is COc1ccc2c(c1)CCC/C2=N/N1CCN(C)CC1. The van der Waals surface area contributed by atoms with Crippen LogP contribution in [0, 0.1) is 0 Å². The Balaban J connectivity index is 1.82. The molecule has 1 aliphatic carbocycles. The molecular weight excluding hydrogens is 250 g/mol. The van der Waals surface area contributed by atoms with E-state index in [1.54, 1.807) is 7.11 Å². The van der Waals surface area contributed by atoms with Gasteiger partial charge < -0.3 is 9.64 Å². The number of rotatable bonds is 2. The van der Waals surface area contributed by atoms with Gasteiger partial charge in [0, 0.05) is 31.7 Å². The molecule has 1 aromatic rings. The lowest BCUT2D eigenvalue weighted by molar-refractivity contribution is 0.158. The second-order valence-electron chi connectivity index (χ2n) is 5.68. The number of hydrazone groups is 1. The molecule has 1 aromatic carbocycles. The number of piperazine rings is 1. The van der Waals surface area contributed by atoms with Crippen molar-refractivity contribution in [2.75, 3.05) is 40.3 Å². The Morgan fingerprint density at radius 1 is 1.10 bits per heavy atom. The molecule has 2 aliphatic rings. The van der Waals surface area contributed by atoms with Crippen molar-refractivity contribution in [2.45, 2.75) is 19.3 Å². The lowest BCUT2D eigenvalue weighted by atomic mass is 9.90. The highest BCUT2D eigenvalue weighted by Crippen LogP contribution is 2.26. The van der Waals surface area contributed by atoms with Crippen molar-refractivity contribution in [3.8, 4) is 5.75 Å². The van der Waals surface area contributed by atoms with Gasteiger partial charge in [0.1, 0.15) is 5.75 Å². The van der Waals surface area contributed by atoms with E-state index in [1.807, 2.05) is 6.07 Å². The largest absolute Gasteiger partial charge is 0.497 e. The Kier molecular flexibility index (Phi) is 3.92. The monoisotopic (exact) mass is 273 g/mol. The highest BCUT2D eigenvalue weighted by molar-refractivity contribution is 6.02. The molecule has 1 aliphatic heterocycles. The Morgan fingerprint density at radius 2 is 1.90 bits per heavy atom. The third kappa shape index (κ3) is 2.80. The van der Waals surface area contributed by atoms with Crippen LogP contribution in [0.4, 0.5) is 0 Å². The number of methoxy groups -OCH3 is 1. The summed E-state index contributed by atoms with van der Waals surface area (Å²) in [5.41, 5.74) is 3.94. The van der Waals surface area contributed by atoms with E-state index in [-0.39, 0.29) is 0 Å². The van der Waals surface area contributed by atoms with Gasteiger partial charge in [0.25, 0.3) is 0 Å². The minimum atomic E-state index is 0.949. The summed E-state index contributed by atoms with van der Waals surface area (Å²) in [6.45, 7) is 4.27. The summed E-state index contributed by atoms with van der Waals surface area (Å²) < 4.78 is 5.32. The number of hydrogen-bond donors (Lipinski definition) is 0. The van der Waals surface area contributed by atoms with E-state index in [0.717, 1.165) is 44.8 Å². The summed E-state index contributed by atoms with van der Waals surface area (Å²) in [5, 5.41) is 7.14. The maximum absolute atomic E-state index is 5.32. The molecule has 0 saturated carbocycles. The van der Waals surface area contributed by atoms with Crippen LogP contribution in [0.5, 0.6) is 5.75 Å². The smallest absolute Gasteiger partial charge is 0.119 e. The summed E-state index contributed by atoms with van der Waals surface area (Å²) in [6, 6.07) is 6.37.